The van der Waals surface area contributed by atoms with Gasteiger partial charge in [0.15, 0.2) is 14.6 Å². The first kappa shape index (κ1) is 36.2. The summed E-state index contributed by atoms with van der Waals surface area (Å²) in [5, 5.41) is 0.118. The Kier molecular flexibility index (Phi) is 15.4. The third kappa shape index (κ3) is 9.89. The number of allylic oxidation sites excluding steroid dienone is 2. The second-order valence-electron chi connectivity index (χ2n) is 12.2. The van der Waals surface area contributed by atoms with Gasteiger partial charge in [0.25, 0.3) is 0 Å². The number of rotatable bonds is 15. The van der Waals surface area contributed by atoms with E-state index in [4.69, 9.17) is 32.8 Å². The summed E-state index contributed by atoms with van der Waals surface area (Å²) in [7, 11) is 6.36. The van der Waals surface area contributed by atoms with Crippen molar-refractivity contribution < 1.29 is 32.8 Å². The molecule has 7 nitrogen and oxygen atoms in total. The van der Waals surface area contributed by atoms with Crippen LogP contribution in [-0.4, -0.2) is 86.8 Å². The second kappa shape index (κ2) is 16.6. The molecule has 0 spiro atoms. The highest BCUT2D eigenvalue weighted by atomic mass is 28.4. The van der Waals surface area contributed by atoms with Gasteiger partial charge in [-0.3, -0.25) is 0 Å². The Labute approximate surface area is 240 Å². The van der Waals surface area contributed by atoms with Gasteiger partial charge in [0.2, 0.25) is 0 Å². The normalized spacial score (nSPS) is 28.7. The molecular formula is C31H58O7Si. The molecule has 1 aliphatic heterocycles. The van der Waals surface area contributed by atoms with Crippen LogP contribution in [0.25, 0.3) is 0 Å². The van der Waals surface area contributed by atoms with Gasteiger partial charge in [-0.05, 0) is 37.0 Å². The fraction of sp³-hybridized carbons (Fsp3) is 0.806. The van der Waals surface area contributed by atoms with Crippen LogP contribution in [0.1, 0.15) is 54.9 Å². The molecule has 228 valence electrons. The monoisotopic (exact) mass is 570 g/mol. The van der Waals surface area contributed by atoms with E-state index in [2.05, 4.69) is 85.0 Å². The molecular weight excluding hydrogens is 512 g/mol. The lowest BCUT2D eigenvalue weighted by Crippen LogP contribution is -2.60. The molecule has 0 N–H and O–H groups in total. The highest BCUT2D eigenvalue weighted by Gasteiger charge is 2.47. The zero-order valence-electron chi connectivity index (χ0n) is 27.1. The van der Waals surface area contributed by atoms with E-state index >= 15 is 0 Å². The van der Waals surface area contributed by atoms with Gasteiger partial charge < -0.3 is 32.8 Å². The third-order valence-electron chi connectivity index (χ3n) is 8.42. The van der Waals surface area contributed by atoms with Gasteiger partial charge in [0.05, 0.1) is 12.2 Å². The lowest BCUT2D eigenvalue weighted by molar-refractivity contribution is -0.295. The first-order valence-electron chi connectivity index (χ1n) is 14.2. The molecule has 1 fully saturated rings. The van der Waals surface area contributed by atoms with Gasteiger partial charge in [-0.2, -0.15) is 0 Å². The molecule has 1 heterocycles. The lowest BCUT2D eigenvalue weighted by atomic mass is 9.93. The van der Waals surface area contributed by atoms with Gasteiger partial charge >= 0.3 is 0 Å². The Morgan fingerprint density at radius 1 is 0.846 bits per heavy atom. The zero-order chi connectivity index (χ0) is 30.0. The van der Waals surface area contributed by atoms with Crippen molar-refractivity contribution in [2.24, 2.45) is 11.8 Å². The summed E-state index contributed by atoms with van der Waals surface area (Å²) in [6.45, 7) is 20.0. The number of ether oxygens (including phenoxy) is 6. The lowest BCUT2D eigenvalue weighted by Gasteiger charge is -2.44. The summed E-state index contributed by atoms with van der Waals surface area (Å²) in [6, 6.07) is 0. The first-order valence-corrected chi connectivity index (χ1v) is 17.1. The molecule has 0 bridgehead atoms. The quantitative estimate of drug-likeness (QED) is 0.126. The average molecular weight is 571 g/mol. The van der Waals surface area contributed by atoms with Gasteiger partial charge in [0.1, 0.15) is 24.4 Å². The third-order valence-corrected chi connectivity index (χ3v) is 12.9. The molecule has 0 aromatic rings. The molecule has 0 aromatic heterocycles. The van der Waals surface area contributed by atoms with Crippen molar-refractivity contribution in [1.82, 2.24) is 0 Å². The standard InChI is InChI=1S/C31H58O7Si/c1-15-24(32-8)22(3)19-20-25(38-39(13,14)31(5,6)7)21(2)17-16-18-23(4)26-27(33-9)28(34-10)29(35-11)30(36-12)37-26/h16-22,24-30H,15H2,1-14H3/b17-16+,20-19+,23-18+/t21?,22?,24?,25?,26-,27-,28+,29-,30+/m1/s1. The number of hydrogen-bond donors (Lipinski definition) is 0. The largest absolute Gasteiger partial charge is 0.410 e. The molecule has 8 heteroatoms. The van der Waals surface area contributed by atoms with E-state index in [1.54, 1.807) is 35.5 Å². The van der Waals surface area contributed by atoms with Crippen molar-refractivity contribution in [3.8, 4) is 0 Å². The molecule has 0 radical (unpaired) electrons. The molecule has 0 aromatic carbocycles. The van der Waals surface area contributed by atoms with Crippen LogP contribution in [0.3, 0.4) is 0 Å². The number of hydrogen-bond acceptors (Lipinski definition) is 7. The van der Waals surface area contributed by atoms with Crippen LogP contribution in [0.15, 0.2) is 36.0 Å². The number of methoxy groups -OCH3 is 5. The minimum absolute atomic E-state index is 0.0384. The summed E-state index contributed by atoms with van der Waals surface area (Å²) in [5.41, 5.74) is 1.01. The molecule has 0 saturated carbocycles. The molecule has 4 unspecified atom stereocenters. The van der Waals surface area contributed by atoms with Crippen LogP contribution in [0, 0.1) is 11.8 Å². The first-order chi connectivity index (χ1) is 18.2. The van der Waals surface area contributed by atoms with Crippen LogP contribution in [0.5, 0.6) is 0 Å². The van der Waals surface area contributed by atoms with Crippen molar-refractivity contribution >= 4 is 8.32 Å². The van der Waals surface area contributed by atoms with Gasteiger partial charge in [-0.1, -0.05) is 71.9 Å². The Morgan fingerprint density at radius 2 is 1.44 bits per heavy atom. The molecule has 0 amide bonds. The Balaban J connectivity index is 3.21. The van der Waals surface area contributed by atoms with E-state index in [-0.39, 0.29) is 41.5 Å². The van der Waals surface area contributed by atoms with Crippen LogP contribution in [0.4, 0.5) is 0 Å². The maximum Gasteiger partial charge on any atom is 0.192 e. The van der Waals surface area contributed by atoms with Crippen molar-refractivity contribution in [1.29, 1.82) is 0 Å². The Bertz CT molecular complexity index is 784. The van der Waals surface area contributed by atoms with Crippen LogP contribution in [0.2, 0.25) is 18.1 Å². The van der Waals surface area contributed by atoms with E-state index in [9.17, 15) is 0 Å². The molecule has 1 saturated heterocycles. The van der Waals surface area contributed by atoms with E-state index in [0.717, 1.165) is 12.0 Å². The summed E-state index contributed by atoms with van der Waals surface area (Å²) in [6.07, 6.45) is 10.0. The SMILES string of the molecule is CCC(OC)C(C)/C=C/C(O[Si](C)(C)C(C)(C)C)C(C)/C=C/C=C(\C)[C@H]1O[C@H](OC)[C@H](OC)[C@@H](OC)[C@@H]1OC. The smallest absolute Gasteiger partial charge is 0.192 e. The fourth-order valence-corrected chi connectivity index (χ4v) is 6.06. The Hall–Kier alpha value is -0.843. The molecule has 1 aliphatic rings. The fourth-order valence-electron chi connectivity index (χ4n) is 4.73. The van der Waals surface area contributed by atoms with Crippen LogP contribution in [-0.2, 0) is 32.8 Å². The van der Waals surface area contributed by atoms with Crippen molar-refractivity contribution in [2.45, 2.75) is 116 Å². The van der Waals surface area contributed by atoms with Gasteiger partial charge in [-0.25, -0.2) is 0 Å². The van der Waals surface area contributed by atoms with Crippen molar-refractivity contribution in [2.75, 3.05) is 35.5 Å². The topological polar surface area (TPSA) is 64.6 Å². The maximum absolute atomic E-state index is 6.90. The summed E-state index contributed by atoms with van der Waals surface area (Å²) in [5.74, 6) is 0.465. The maximum atomic E-state index is 6.90. The summed E-state index contributed by atoms with van der Waals surface area (Å²) < 4.78 is 41.6. The minimum atomic E-state index is -1.99. The van der Waals surface area contributed by atoms with Gasteiger partial charge in [-0.15, -0.1) is 0 Å². The van der Waals surface area contributed by atoms with Crippen LogP contribution < -0.4 is 0 Å². The highest BCUT2D eigenvalue weighted by molar-refractivity contribution is 6.74. The van der Waals surface area contributed by atoms with Crippen LogP contribution >= 0.6 is 0 Å². The van der Waals surface area contributed by atoms with E-state index in [1.165, 1.54) is 0 Å². The van der Waals surface area contributed by atoms with E-state index in [0.29, 0.717) is 5.92 Å². The van der Waals surface area contributed by atoms with Crippen molar-refractivity contribution in [3.63, 3.8) is 0 Å². The van der Waals surface area contributed by atoms with E-state index < -0.39 is 20.7 Å². The minimum Gasteiger partial charge on any atom is -0.410 e. The highest BCUT2D eigenvalue weighted by Crippen LogP contribution is 2.38. The summed E-state index contributed by atoms with van der Waals surface area (Å²) in [4.78, 5) is 0. The van der Waals surface area contributed by atoms with Gasteiger partial charge in [0, 0.05) is 47.4 Å². The average Bonchev–Trinajstić information content (AvgIpc) is 2.89. The predicted octanol–water partition coefficient (Wildman–Crippen LogP) is 6.55. The van der Waals surface area contributed by atoms with E-state index in [1.807, 2.05) is 6.92 Å². The summed E-state index contributed by atoms with van der Waals surface area (Å²) >= 11 is 0. The molecule has 9 atom stereocenters. The molecule has 0 aliphatic carbocycles. The molecule has 39 heavy (non-hydrogen) atoms. The Morgan fingerprint density at radius 3 is 1.90 bits per heavy atom. The molecule has 1 rings (SSSR count). The van der Waals surface area contributed by atoms with Crippen molar-refractivity contribution in [3.05, 3.63) is 36.0 Å². The second-order valence-corrected chi connectivity index (χ2v) is 16.9. The zero-order valence-corrected chi connectivity index (χ0v) is 28.1. The predicted molar refractivity (Wildman–Crippen MR) is 162 cm³/mol.